The Morgan fingerprint density at radius 1 is 1.45 bits per heavy atom. The largest absolute Gasteiger partial charge is 0.465 e. The van der Waals surface area contributed by atoms with Gasteiger partial charge in [-0.25, -0.2) is 9.78 Å². The number of hydrogen-bond acceptors (Lipinski definition) is 8. The molecular formula is C21H18N4O4S2. The molecule has 2 N–H and O–H groups in total. The molecule has 3 aromatic rings. The summed E-state index contributed by atoms with van der Waals surface area (Å²) in [6, 6.07) is 5.67. The first-order valence-electron chi connectivity index (χ1n) is 9.52. The van der Waals surface area contributed by atoms with Crippen LogP contribution < -0.4 is 10.6 Å². The Kier molecular flexibility index (Phi) is 6.45. The van der Waals surface area contributed by atoms with E-state index >= 15 is 0 Å². The molecule has 0 saturated carbocycles. The highest BCUT2D eigenvalue weighted by Crippen LogP contribution is 2.38. The molecule has 4 rings (SSSR count). The number of amides is 2. The van der Waals surface area contributed by atoms with Gasteiger partial charge in [-0.2, -0.15) is 5.26 Å². The van der Waals surface area contributed by atoms with E-state index in [4.69, 9.17) is 9.15 Å². The average molecular weight is 455 g/mol. The zero-order valence-corrected chi connectivity index (χ0v) is 17.9. The van der Waals surface area contributed by atoms with Gasteiger partial charge in [0.2, 0.25) is 5.91 Å². The van der Waals surface area contributed by atoms with Gasteiger partial charge in [0.25, 0.3) is 0 Å². The van der Waals surface area contributed by atoms with Gasteiger partial charge in [0.15, 0.2) is 0 Å². The first kappa shape index (κ1) is 20.8. The van der Waals surface area contributed by atoms with Gasteiger partial charge in [-0.3, -0.25) is 4.79 Å². The Morgan fingerprint density at radius 3 is 3.10 bits per heavy atom. The van der Waals surface area contributed by atoms with Crippen LogP contribution in [0.15, 0.2) is 40.5 Å². The molecule has 1 aliphatic carbocycles. The molecule has 0 radical (unpaired) electrons. The molecule has 0 aromatic carbocycles. The van der Waals surface area contributed by atoms with Crippen molar-refractivity contribution in [3.8, 4) is 6.07 Å². The molecule has 2 amide bonds. The molecule has 3 heterocycles. The maximum atomic E-state index is 12.2. The van der Waals surface area contributed by atoms with E-state index in [0.29, 0.717) is 42.1 Å². The summed E-state index contributed by atoms with van der Waals surface area (Å²) in [5, 5.41) is 18.2. The van der Waals surface area contributed by atoms with Crippen LogP contribution in [0.1, 0.15) is 33.2 Å². The summed E-state index contributed by atoms with van der Waals surface area (Å²) in [6.07, 6.45) is 7.09. The second-order valence-corrected chi connectivity index (χ2v) is 8.79. The van der Waals surface area contributed by atoms with E-state index in [1.54, 1.807) is 24.4 Å². The smallest absolute Gasteiger partial charge is 0.407 e. The summed E-state index contributed by atoms with van der Waals surface area (Å²) in [5.74, 6) is 0.218. The number of furan rings is 1. The Balaban J connectivity index is 1.37. The Labute approximate surface area is 186 Å². The summed E-state index contributed by atoms with van der Waals surface area (Å²) < 4.78 is 10.7. The van der Waals surface area contributed by atoms with Gasteiger partial charge in [-0.15, -0.1) is 22.7 Å². The molecule has 1 unspecified atom stereocenters. The molecule has 1 aliphatic rings. The number of aromatic nitrogens is 1. The second kappa shape index (κ2) is 9.59. The van der Waals surface area contributed by atoms with Crippen molar-refractivity contribution in [2.75, 3.05) is 5.32 Å². The molecule has 0 saturated heterocycles. The van der Waals surface area contributed by atoms with E-state index in [9.17, 15) is 14.9 Å². The predicted octanol–water partition coefficient (Wildman–Crippen LogP) is 4.10. The molecule has 8 nitrogen and oxygen atoms in total. The number of rotatable bonds is 6. The van der Waals surface area contributed by atoms with Crippen LogP contribution in [0, 0.1) is 11.3 Å². The molecule has 158 valence electrons. The van der Waals surface area contributed by atoms with Gasteiger partial charge in [0.05, 0.1) is 18.4 Å². The van der Waals surface area contributed by atoms with Gasteiger partial charge in [-0.1, -0.05) is 0 Å². The summed E-state index contributed by atoms with van der Waals surface area (Å²) in [5.41, 5.74) is 1.40. The lowest BCUT2D eigenvalue weighted by molar-refractivity contribution is -0.111. The minimum absolute atomic E-state index is 0.281. The number of anilines is 1. The lowest BCUT2D eigenvalue weighted by Gasteiger charge is -2.22. The molecule has 31 heavy (non-hydrogen) atoms. The van der Waals surface area contributed by atoms with Crippen LogP contribution in [0.4, 0.5) is 9.80 Å². The number of carbonyl (C=O) groups excluding carboxylic acids is 2. The third-order valence-electron chi connectivity index (χ3n) is 4.65. The van der Waals surface area contributed by atoms with Gasteiger partial charge < -0.3 is 19.8 Å². The van der Waals surface area contributed by atoms with Crippen LogP contribution in [-0.2, 0) is 28.9 Å². The first-order valence-corrected chi connectivity index (χ1v) is 11.2. The molecule has 1 atom stereocenters. The number of thiophene rings is 1. The number of ether oxygens (including phenoxy) is 1. The average Bonchev–Trinajstić information content (AvgIpc) is 3.51. The molecule has 3 aromatic heterocycles. The number of carbonyl (C=O) groups is 2. The highest BCUT2D eigenvalue weighted by molar-refractivity contribution is 7.16. The van der Waals surface area contributed by atoms with E-state index in [1.165, 1.54) is 35.0 Å². The zero-order valence-electron chi connectivity index (χ0n) is 16.3. The maximum absolute atomic E-state index is 12.2. The maximum Gasteiger partial charge on any atom is 0.407 e. The fraction of sp³-hybridized carbons (Fsp3) is 0.238. The summed E-state index contributed by atoms with van der Waals surface area (Å²) in [6.45, 7) is 0.327. The number of fused-ring (bicyclic) bond motifs is 1. The van der Waals surface area contributed by atoms with Crippen LogP contribution in [0.2, 0.25) is 0 Å². The fourth-order valence-corrected chi connectivity index (χ4v) is 5.06. The zero-order chi connectivity index (χ0) is 21.6. The topological polar surface area (TPSA) is 117 Å². The Hall–Kier alpha value is -3.42. The van der Waals surface area contributed by atoms with Crippen LogP contribution in [0.25, 0.3) is 6.08 Å². The first-order chi connectivity index (χ1) is 15.1. The Morgan fingerprint density at radius 2 is 2.35 bits per heavy atom. The van der Waals surface area contributed by atoms with Gasteiger partial charge in [0.1, 0.15) is 27.9 Å². The third kappa shape index (κ3) is 5.20. The SMILES string of the molecule is N#Cc1c(NC(=O)C=Cc2ccco2)sc2c1CCC(OC(=O)NCc1nccs1)C2. The molecule has 0 bridgehead atoms. The van der Waals surface area contributed by atoms with Gasteiger partial charge >= 0.3 is 6.09 Å². The normalized spacial score (nSPS) is 15.3. The van der Waals surface area contributed by atoms with Crippen molar-refractivity contribution in [3.05, 3.63) is 62.8 Å². The Bertz CT molecular complexity index is 1130. The molecule has 10 heteroatoms. The van der Waals surface area contributed by atoms with Crippen LogP contribution in [0.3, 0.4) is 0 Å². The van der Waals surface area contributed by atoms with E-state index in [2.05, 4.69) is 21.7 Å². The highest BCUT2D eigenvalue weighted by Gasteiger charge is 2.28. The van der Waals surface area contributed by atoms with Crippen LogP contribution in [0.5, 0.6) is 0 Å². The number of thiazole rings is 1. The van der Waals surface area contributed by atoms with E-state index < -0.39 is 6.09 Å². The summed E-state index contributed by atoms with van der Waals surface area (Å²) in [7, 11) is 0. The number of alkyl carbamates (subject to hydrolysis) is 1. The minimum atomic E-state index is -0.489. The van der Waals surface area contributed by atoms with Crippen molar-refractivity contribution in [1.29, 1.82) is 5.26 Å². The lowest BCUT2D eigenvalue weighted by atomic mass is 9.94. The van der Waals surface area contributed by atoms with Crippen LogP contribution >= 0.6 is 22.7 Å². The van der Waals surface area contributed by atoms with E-state index in [0.717, 1.165) is 15.4 Å². The van der Waals surface area contributed by atoms with Gasteiger partial charge in [-0.05, 0) is 36.6 Å². The molecule has 0 fully saturated rings. The fourth-order valence-electron chi connectivity index (χ4n) is 3.24. The van der Waals surface area contributed by atoms with Crippen molar-refractivity contribution in [1.82, 2.24) is 10.3 Å². The minimum Gasteiger partial charge on any atom is -0.465 e. The van der Waals surface area contributed by atoms with Crippen molar-refractivity contribution >= 4 is 45.8 Å². The molecular weight excluding hydrogens is 436 g/mol. The second-order valence-electron chi connectivity index (χ2n) is 6.71. The lowest BCUT2D eigenvalue weighted by Crippen LogP contribution is -2.31. The summed E-state index contributed by atoms with van der Waals surface area (Å²) in [4.78, 5) is 29.4. The highest BCUT2D eigenvalue weighted by atomic mass is 32.1. The standard InChI is InChI=1S/C21H18N4O4S2/c22-11-16-15-5-3-14(29-21(27)24-12-19-23-7-9-30-19)10-17(15)31-20(16)25-18(26)6-4-13-2-1-8-28-13/h1-2,4,6-9,14H,3,5,10,12H2,(H,24,27)(H,25,26). The molecule has 0 aliphatic heterocycles. The van der Waals surface area contributed by atoms with E-state index in [1.807, 2.05) is 5.38 Å². The predicted molar refractivity (Wildman–Crippen MR) is 117 cm³/mol. The van der Waals surface area contributed by atoms with E-state index in [-0.39, 0.29) is 12.0 Å². The van der Waals surface area contributed by atoms with Gasteiger partial charge in [0, 0.05) is 29.0 Å². The van der Waals surface area contributed by atoms with Crippen molar-refractivity contribution in [2.24, 2.45) is 0 Å². The number of nitriles is 1. The number of hydrogen-bond donors (Lipinski definition) is 2. The van der Waals surface area contributed by atoms with Crippen molar-refractivity contribution in [2.45, 2.75) is 31.9 Å². The van der Waals surface area contributed by atoms with Crippen molar-refractivity contribution in [3.63, 3.8) is 0 Å². The number of nitrogens with zero attached hydrogens (tertiary/aromatic N) is 2. The van der Waals surface area contributed by atoms with Crippen LogP contribution in [-0.4, -0.2) is 23.1 Å². The quantitative estimate of drug-likeness (QED) is 0.542. The molecule has 0 spiro atoms. The summed E-state index contributed by atoms with van der Waals surface area (Å²) >= 11 is 2.81. The number of nitrogens with one attached hydrogen (secondary N) is 2. The van der Waals surface area contributed by atoms with Crippen molar-refractivity contribution < 1.29 is 18.7 Å². The third-order valence-corrected chi connectivity index (χ3v) is 6.60. The monoisotopic (exact) mass is 454 g/mol.